The number of hydrogen-bond donors (Lipinski definition) is 4. The first-order chi connectivity index (χ1) is 20.6. The fourth-order valence-electron chi connectivity index (χ4n) is 5.35. The van der Waals surface area contributed by atoms with Gasteiger partial charge < -0.3 is 20.4 Å². The van der Waals surface area contributed by atoms with E-state index in [0.29, 0.717) is 31.5 Å². The van der Waals surface area contributed by atoms with Gasteiger partial charge in [0.05, 0.1) is 11.1 Å². The van der Waals surface area contributed by atoms with Gasteiger partial charge in [-0.05, 0) is 37.1 Å². The van der Waals surface area contributed by atoms with Gasteiger partial charge in [-0.15, -0.1) is 0 Å². The van der Waals surface area contributed by atoms with E-state index in [1.807, 2.05) is 18.2 Å². The molecule has 4 N–H and O–H groups in total. The number of nitrogens with one attached hydrogen (secondary N) is 4. The van der Waals surface area contributed by atoms with Gasteiger partial charge in [0.15, 0.2) is 11.5 Å². The zero-order valence-corrected chi connectivity index (χ0v) is 23.4. The Labute approximate surface area is 245 Å². The summed E-state index contributed by atoms with van der Waals surface area (Å²) in [6, 6.07) is 12.9. The summed E-state index contributed by atoms with van der Waals surface area (Å²) in [4.78, 5) is 38.3. The van der Waals surface area contributed by atoms with E-state index < -0.39 is 24.0 Å². The number of rotatable bonds is 9. The van der Waals surface area contributed by atoms with Crippen molar-refractivity contribution in [2.24, 2.45) is 5.41 Å². The Kier molecular flexibility index (Phi) is 8.48. The monoisotopic (exact) mass is 596 g/mol. The highest BCUT2D eigenvalue weighted by Gasteiger charge is 2.51. The zero-order chi connectivity index (χ0) is 30.6. The molecule has 43 heavy (non-hydrogen) atoms. The van der Waals surface area contributed by atoms with Gasteiger partial charge in [0, 0.05) is 44.6 Å². The zero-order valence-electron chi connectivity index (χ0n) is 23.4. The lowest BCUT2D eigenvalue weighted by molar-refractivity contribution is -0.132. The minimum Gasteiger partial charge on any atom is -0.444 e. The fourth-order valence-corrected chi connectivity index (χ4v) is 5.35. The highest BCUT2D eigenvalue weighted by Crippen LogP contribution is 2.41. The summed E-state index contributed by atoms with van der Waals surface area (Å²) in [5.74, 6) is -1.02. The molecule has 5 rings (SSSR count). The Balaban J connectivity index is 1.23. The van der Waals surface area contributed by atoms with Gasteiger partial charge in [-0.2, -0.15) is 13.2 Å². The number of alkyl halides is 3. The van der Waals surface area contributed by atoms with E-state index in [2.05, 4.69) is 43.0 Å². The van der Waals surface area contributed by atoms with Crippen molar-refractivity contribution in [3.63, 3.8) is 0 Å². The first kappa shape index (κ1) is 29.8. The Hall–Kier alpha value is -4.72. The third kappa shape index (κ3) is 6.85. The van der Waals surface area contributed by atoms with Crippen LogP contribution in [0.25, 0.3) is 11.5 Å². The number of carbonyl (C=O) groups excluding carboxylic acids is 2. The number of benzene rings is 1. The third-order valence-corrected chi connectivity index (χ3v) is 7.47. The van der Waals surface area contributed by atoms with Gasteiger partial charge >= 0.3 is 6.18 Å². The number of nitrogens with zero attached hydrogens (tertiary/aromatic N) is 4. The highest BCUT2D eigenvalue weighted by molar-refractivity contribution is 6.11. The van der Waals surface area contributed by atoms with Crippen molar-refractivity contribution in [3.05, 3.63) is 78.1 Å². The SMILES string of the molecule is CN/C=C(/NC(=O)c1coc(-c2ccnc(NCC(F)(F)F)c2)n1)C(=N)N1CCC2(CCN(Cc3ccccc3)C2)C1=O. The van der Waals surface area contributed by atoms with Crippen molar-refractivity contribution in [2.45, 2.75) is 25.6 Å². The molecule has 2 fully saturated rings. The summed E-state index contributed by atoms with van der Waals surface area (Å²) >= 11 is 0. The van der Waals surface area contributed by atoms with Crippen LogP contribution < -0.4 is 16.0 Å². The maximum Gasteiger partial charge on any atom is 0.405 e. The molecule has 14 heteroatoms. The van der Waals surface area contributed by atoms with Crippen LogP contribution in [-0.4, -0.2) is 76.8 Å². The van der Waals surface area contributed by atoms with Crippen molar-refractivity contribution in [1.82, 2.24) is 30.4 Å². The minimum atomic E-state index is -4.42. The molecule has 3 aromatic rings. The minimum absolute atomic E-state index is 0.00483. The third-order valence-electron chi connectivity index (χ3n) is 7.47. The standard InChI is InChI=1S/C29H31F3N8O3/c1-34-14-21(24(33)40-12-9-28(27(40)42)8-11-39(18-28)15-19-5-3-2-4-6-19)37-25(41)22-16-43-26(38-22)20-7-10-35-23(13-20)36-17-29(30,31)32/h2-7,10,13-14,16,33-34H,8-9,11-12,15,17-18H2,1H3,(H,35,36)(H,37,41)/b21-14+,33-24?. The van der Waals surface area contributed by atoms with Crippen LogP contribution in [0.5, 0.6) is 0 Å². The second-order valence-electron chi connectivity index (χ2n) is 10.5. The fraction of sp³-hybridized carbons (Fsp3) is 0.345. The number of anilines is 1. The Morgan fingerprint density at radius 1 is 1.19 bits per heavy atom. The molecule has 0 radical (unpaired) electrons. The van der Waals surface area contributed by atoms with Crippen LogP contribution in [0, 0.1) is 10.8 Å². The lowest BCUT2D eigenvalue weighted by atomic mass is 9.85. The van der Waals surface area contributed by atoms with E-state index in [1.54, 1.807) is 7.05 Å². The predicted octanol–water partition coefficient (Wildman–Crippen LogP) is 3.60. The van der Waals surface area contributed by atoms with Crippen molar-refractivity contribution >= 4 is 23.5 Å². The summed E-state index contributed by atoms with van der Waals surface area (Å²) in [5.41, 5.74) is 0.861. The molecular weight excluding hydrogens is 565 g/mol. The Morgan fingerprint density at radius 2 is 1.95 bits per heavy atom. The van der Waals surface area contributed by atoms with Gasteiger partial charge in [-0.3, -0.25) is 24.8 Å². The van der Waals surface area contributed by atoms with Crippen LogP contribution in [0.3, 0.4) is 0 Å². The van der Waals surface area contributed by atoms with Crippen LogP contribution in [0.2, 0.25) is 0 Å². The van der Waals surface area contributed by atoms with Gasteiger partial charge in [0.1, 0.15) is 18.6 Å². The summed E-state index contributed by atoms with van der Waals surface area (Å²) in [5, 5.41) is 16.4. The highest BCUT2D eigenvalue weighted by atomic mass is 19.4. The Morgan fingerprint density at radius 3 is 2.70 bits per heavy atom. The summed E-state index contributed by atoms with van der Waals surface area (Å²) in [6.45, 7) is 1.23. The normalized spacial score (nSPS) is 19.2. The first-order valence-electron chi connectivity index (χ1n) is 13.7. The van der Waals surface area contributed by atoms with Crippen LogP contribution in [0.1, 0.15) is 28.9 Å². The summed E-state index contributed by atoms with van der Waals surface area (Å²) < 4.78 is 43.0. The molecule has 2 saturated heterocycles. The molecular formula is C29H31F3N8O3. The van der Waals surface area contributed by atoms with Crippen molar-refractivity contribution in [2.75, 3.05) is 38.5 Å². The second-order valence-corrected chi connectivity index (χ2v) is 10.5. The number of likely N-dealkylation sites (tertiary alicyclic amines) is 2. The van der Waals surface area contributed by atoms with Crippen molar-refractivity contribution < 1.29 is 27.2 Å². The van der Waals surface area contributed by atoms with E-state index in [1.165, 1.54) is 35.0 Å². The summed E-state index contributed by atoms with van der Waals surface area (Å²) in [6.07, 6.45) is 0.695. The quantitative estimate of drug-likeness (QED) is 0.217. The number of pyridine rings is 1. The Bertz CT molecular complexity index is 1520. The predicted molar refractivity (Wildman–Crippen MR) is 152 cm³/mol. The molecule has 2 aliphatic rings. The van der Waals surface area contributed by atoms with Crippen LogP contribution in [0.4, 0.5) is 19.0 Å². The maximum atomic E-state index is 13.6. The summed E-state index contributed by atoms with van der Waals surface area (Å²) in [7, 11) is 1.60. The lowest BCUT2D eigenvalue weighted by Gasteiger charge is -2.25. The van der Waals surface area contributed by atoms with Crippen LogP contribution in [-0.2, 0) is 11.3 Å². The molecule has 2 aliphatic heterocycles. The number of amidine groups is 1. The van der Waals surface area contributed by atoms with Gasteiger partial charge in [0.2, 0.25) is 11.8 Å². The number of halogens is 3. The largest absolute Gasteiger partial charge is 0.444 e. The van der Waals surface area contributed by atoms with Gasteiger partial charge in [-0.1, -0.05) is 30.3 Å². The number of carbonyl (C=O) groups is 2. The molecule has 0 bridgehead atoms. The molecule has 1 spiro atoms. The molecule has 11 nitrogen and oxygen atoms in total. The number of hydrogen-bond acceptors (Lipinski definition) is 9. The molecule has 0 saturated carbocycles. The van der Waals surface area contributed by atoms with Crippen LogP contribution in [0.15, 0.2) is 71.2 Å². The lowest BCUT2D eigenvalue weighted by Crippen LogP contribution is -2.43. The van der Waals surface area contributed by atoms with E-state index >= 15 is 0 Å². The number of aromatic nitrogens is 2. The van der Waals surface area contributed by atoms with E-state index in [0.717, 1.165) is 19.4 Å². The molecule has 2 aromatic heterocycles. The molecule has 4 heterocycles. The van der Waals surface area contributed by atoms with Crippen LogP contribution >= 0.6 is 0 Å². The first-order valence-corrected chi connectivity index (χ1v) is 13.7. The number of amides is 2. The average molecular weight is 597 g/mol. The second kappa shape index (κ2) is 12.3. The van der Waals surface area contributed by atoms with Crippen molar-refractivity contribution in [1.29, 1.82) is 5.41 Å². The molecule has 0 aliphatic carbocycles. The molecule has 1 aromatic carbocycles. The molecule has 1 unspecified atom stereocenters. The molecule has 2 amide bonds. The van der Waals surface area contributed by atoms with E-state index in [9.17, 15) is 22.8 Å². The smallest absolute Gasteiger partial charge is 0.405 e. The maximum absolute atomic E-state index is 13.6. The average Bonchev–Trinajstić information content (AvgIpc) is 3.72. The van der Waals surface area contributed by atoms with Crippen molar-refractivity contribution in [3.8, 4) is 11.5 Å². The van der Waals surface area contributed by atoms with E-state index in [4.69, 9.17) is 9.83 Å². The van der Waals surface area contributed by atoms with Gasteiger partial charge in [-0.25, -0.2) is 9.97 Å². The van der Waals surface area contributed by atoms with Gasteiger partial charge in [0.25, 0.3) is 5.91 Å². The molecule has 1 atom stereocenters. The number of oxazole rings is 1. The molecule has 226 valence electrons. The van der Waals surface area contributed by atoms with E-state index in [-0.39, 0.29) is 34.8 Å². The topological polar surface area (TPSA) is 139 Å².